The number of carbonyl (C=O) groups is 2. The van der Waals surface area contributed by atoms with Crippen LogP contribution in [0.5, 0.6) is 17.2 Å². The summed E-state index contributed by atoms with van der Waals surface area (Å²) < 4.78 is 24.0. The van der Waals surface area contributed by atoms with E-state index in [4.69, 9.17) is 24.2 Å². The van der Waals surface area contributed by atoms with Gasteiger partial charge in [0.2, 0.25) is 0 Å². The molecule has 1 heterocycles. The standard InChI is InChI=1S/C32H31Br2N5O7/c1-4-44-26-12-21(29-28(31(41)43-3)18(2)37-32(42)38-29)9-10-25(26)45-17-27(40)39-36-15-22-11-23(33)13-24(34)30(22)46-16-20-7-5-19(14-35)6-8-20/h5-13,15,27,29,39-40H,4,16-17H2,1-3H3,(H2,37,38,42)/b36-15+/t27-,29+/m0/s1. The predicted octanol–water partition coefficient (Wildman–Crippen LogP) is 5.18. The Morgan fingerprint density at radius 1 is 1.13 bits per heavy atom. The molecule has 3 aromatic rings. The number of aliphatic hydroxyl groups excluding tert-OH is 1. The normalized spacial score (nSPS) is 15.0. The van der Waals surface area contributed by atoms with Gasteiger partial charge in [-0.15, -0.1) is 0 Å². The van der Waals surface area contributed by atoms with Crippen molar-refractivity contribution >= 4 is 50.1 Å². The van der Waals surface area contributed by atoms with Crippen molar-refractivity contribution in [3.8, 4) is 23.3 Å². The molecular weight excluding hydrogens is 726 g/mol. The number of nitrogens with zero attached hydrogens (tertiary/aromatic N) is 2. The van der Waals surface area contributed by atoms with Crippen molar-refractivity contribution in [2.45, 2.75) is 32.7 Å². The topological polar surface area (TPSA) is 164 Å². The van der Waals surface area contributed by atoms with E-state index in [1.54, 1.807) is 44.2 Å². The number of allylic oxidation sites excluding steroid dienone is 1. The van der Waals surface area contributed by atoms with E-state index >= 15 is 0 Å². The number of ether oxygens (including phenoxy) is 4. The maximum atomic E-state index is 12.5. The zero-order chi connectivity index (χ0) is 33.2. The highest BCUT2D eigenvalue weighted by atomic mass is 79.9. The molecule has 0 unspecified atom stereocenters. The van der Waals surface area contributed by atoms with E-state index in [1.807, 2.05) is 24.3 Å². The van der Waals surface area contributed by atoms with Gasteiger partial charge in [-0.2, -0.15) is 10.4 Å². The quantitative estimate of drug-likeness (QED) is 0.0797. The van der Waals surface area contributed by atoms with E-state index in [1.165, 1.54) is 13.3 Å². The number of carbonyl (C=O) groups excluding carboxylic acids is 2. The highest BCUT2D eigenvalue weighted by Gasteiger charge is 2.32. The lowest BCUT2D eigenvalue weighted by Gasteiger charge is -2.28. The second-order valence-corrected chi connectivity index (χ2v) is 11.6. The second kappa shape index (κ2) is 16.1. The smallest absolute Gasteiger partial charge is 0.337 e. The van der Waals surface area contributed by atoms with Crippen LogP contribution in [0, 0.1) is 11.3 Å². The fraction of sp³-hybridized carbons (Fsp3) is 0.250. The van der Waals surface area contributed by atoms with E-state index < -0.39 is 24.3 Å². The summed E-state index contributed by atoms with van der Waals surface area (Å²) in [5.41, 5.74) is 5.93. The molecule has 4 rings (SSSR count). The SMILES string of the molecule is CCOc1cc([C@H]2NC(=O)NC(C)=C2C(=O)OC)ccc1OC[C@H](O)N/N=C/c1cc(Br)cc(Br)c1OCc1ccc(C#N)cc1. The molecule has 2 amide bonds. The average Bonchev–Trinajstić information content (AvgIpc) is 3.03. The van der Waals surface area contributed by atoms with Gasteiger partial charge in [-0.1, -0.05) is 34.1 Å². The van der Waals surface area contributed by atoms with E-state index in [2.05, 4.69) is 59.1 Å². The summed E-state index contributed by atoms with van der Waals surface area (Å²) in [5, 5.41) is 29.0. The highest BCUT2D eigenvalue weighted by molar-refractivity contribution is 9.11. The Bertz CT molecular complexity index is 1690. The number of hydrogen-bond acceptors (Lipinski definition) is 10. The molecule has 1 aliphatic heterocycles. The van der Waals surface area contributed by atoms with Crippen LogP contribution in [0.25, 0.3) is 0 Å². The summed E-state index contributed by atoms with van der Waals surface area (Å²) in [6.07, 6.45) is 0.318. The molecule has 14 heteroatoms. The number of methoxy groups -OCH3 is 1. The molecule has 0 spiro atoms. The van der Waals surface area contributed by atoms with E-state index in [9.17, 15) is 14.7 Å². The number of amides is 2. The van der Waals surface area contributed by atoms with Crippen LogP contribution in [0.4, 0.5) is 4.79 Å². The van der Waals surface area contributed by atoms with Crippen molar-refractivity contribution in [2.75, 3.05) is 20.3 Å². The van der Waals surface area contributed by atoms with Crippen LogP contribution in [0.1, 0.15) is 42.1 Å². The Balaban J connectivity index is 1.42. The van der Waals surface area contributed by atoms with Crippen LogP contribution in [-0.4, -0.2) is 49.9 Å². The van der Waals surface area contributed by atoms with Gasteiger partial charge in [0.05, 0.1) is 47.7 Å². The molecule has 0 bridgehead atoms. The summed E-state index contributed by atoms with van der Waals surface area (Å²) in [6, 6.07) is 16.6. The Kier molecular flexibility index (Phi) is 12.0. The van der Waals surface area contributed by atoms with Crippen LogP contribution in [0.3, 0.4) is 0 Å². The molecule has 12 nitrogen and oxygen atoms in total. The minimum absolute atomic E-state index is 0.183. The van der Waals surface area contributed by atoms with Crippen LogP contribution in [0.15, 0.2) is 79.9 Å². The largest absolute Gasteiger partial charge is 0.490 e. The van der Waals surface area contributed by atoms with Gasteiger partial charge in [-0.05, 0) is 77.3 Å². The first-order valence-corrected chi connectivity index (χ1v) is 15.6. The number of halogens is 2. The summed E-state index contributed by atoms with van der Waals surface area (Å²) in [6.45, 7) is 3.83. The first-order chi connectivity index (χ1) is 22.1. The lowest BCUT2D eigenvalue weighted by atomic mass is 9.95. The van der Waals surface area contributed by atoms with Crippen LogP contribution in [-0.2, 0) is 16.1 Å². The number of nitrogens with one attached hydrogen (secondary N) is 3. The van der Waals surface area contributed by atoms with Crippen molar-refractivity contribution in [1.82, 2.24) is 16.1 Å². The molecule has 0 fully saturated rings. The van der Waals surface area contributed by atoms with E-state index in [0.29, 0.717) is 50.7 Å². The monoisotopic (exact) mass is 755 g/mol. The lowest BCUT2D eigenvalue weighted by molar-refractivity contribution is -0.136. The molecule has 240 valence electrons. The van der Waals surface area contributed by atoms with Crippen molar-refractivity contribution in [1.29, 1.82) is 5.26 Å². The predicted molar refractivity (Wildman–Crippen MR) is 176 cm³/mol. The minimum Gasteiger partial charge on any atom is -0.490 e. The van der Waals surface area contributed by atoms with Crippen molar-refractivity contribution in [2.24, 2.45) is 5.10 Å². The van der Waals surface area contributed by atoms with E-state index in [0.717, 1.165) is 10.0 Å². The molecule has 0 radical (unpaired) electrons. The third-order valence-electron chi connectivity index (χ3n) is 6.60. The number of urea groups is 1. The summed E-state index contributed by atoms with van der Waals surface area (Å²) in [4.78, 5) is 24.6. The maximum Gasteiger partial charge on any atom is 0.337 e. The Labute approximate surface area is 282 Å². The second-order valence-electron chi connectivity index (χ2n) is 9.82. The molecule has 0 saturated carbocycles. The van der Waals surface area contributed by atoms with Gasteiger partial charge in [0.25, 0.3) is 0 Å². The Hall–Kier alpha value is -4.58. The Morgan fingerprint density at radius 3 is 2.59 bits per heavy atom. The van der Waals surface area contributed by atoms with Crippen molar-refractivity contribution in [3.63, 3.8) is 0 Å². The number of hydrogen-bond donors (Lipinski definition) is 4. The van der Waals surface area contributed by atoms with Gasteiger partial charge in [0.1, 0.15) is 19.0 Å². The van der Waals surface area contributed by atoms with Gasteiger partial charge in [-0.25, -0.2) is 9.59 Å². The van der Waals surface area contributed by atoms with Gasteiger partial charge >= 0.3 is 12.0 Å². The fourth-order valence-electron chi connectivity index (χ4n) is 4.47. The van der Waals surface area contributed by atoms with Gasteiger partial charge < -0.3 is 34.7 Å². The molecule has 1 aliphatic rings. The Morgan fingerprint density at radius 2 is 1.89 bits per heavy atom. The van der Waals surface area contributed by atoms with E-state index in [-0.39, 0.29) is 18.8 Å². The highest BCUT2D eigenvalue weighted by Crippen LogP contribution is 2.35. The first-order valence-electron chi connectivity index (χ1n) is 14.0. The fourth-order valence-corrected chi connectivity index (χ4v) is 5.85. The number of aliphatic hydroxyl groups is 1. The molecule has 0 aromatic heterocycles. The molecule has 3 aromatic carbocycles. The first kappa shape index (κ1) is 34.3. The summed E-state index contributed by atoms with van der Waals surface area (Å²) >= 11 is 7.00. The molecule has 0 aliphatic carbocycles. The van der Waals surface area contributed by atoms with Crippen LogP contribution < -0.4 is 30.3 Å². The number of hydrazone groups is 1. The zero-order valence-corrected chi connectivity index (χ0v) is 28.3. The summed E-state index contributed by atoms with van der Waals surface area (Å²) in [5.74, 6) is 0.651. The van der Waals surface area contributed by atoms with Gasteiger partial charge in [0, 0.05) is 15.7 Å². The van der Waals surface area contributed by atoms with Crippen LogP contribution >= 0.6 is 31.9 Å². The molecule has 0 saturated heterocycles. The molecular formula is C32H31Br2N5O7. The minimum atomic E-state index is -1.19. The van der Waals surface area contributed by atoms with Crippen LogP contribution in [0.2, 0.25) is 0 Å². The number of nitriles is 1. The third kappa shape index (κ3) is 8.78. The number of benzene rings is 3. The van der Waals surface area contributed by atoms with Gasteiger partial charge in [0.15, 0.2) is 17.7 Å². The maximum absolute atomic E-state index is 12.5. The zero-order valence-electron chi connectivity index (χ0n) is 25.1. The van der Waals surface area contributed by atoms with Crippen molar-refractivity contribution in [3.05, 3.63) is 97.1 Å². The third-order valence-corrected chi connectivity index (χ3v) is 7.65. The molecule has 2 atom stereocenters. The lowest BCUT2D eigenvalue weighted by Crippen LogP contribution is -2.45. The van der Waals surface area contributed by atoms with Crippen molar-refractivity contribution < 1.29 is 33.6 Å². The number of rotatable bonds is 13. The van der Waals surface area contributed by atoms with Gasteiger partial charge in [-0.3, -0.25) is 5.43 Å². The molecule has 46 heavy (non-hydrogen) atoms. The average molecular weight is 757 g/mol. The summed E-state index contributed by atoms with van der Waals surface area (Å²) in [7, 11) is 1.27. The molecule has 4 N–H and O–H groups in total. The number of esters is 1.